The number of nitrogen functional groups attached to an aromatic ring is 1. The fourth-order valence-electron chi connectivity index (χ4n) is 2.37. The Morgan fingerprint density at radius 1 is 1.30 bits per heavy atom. The highest BCUT2D eigenvalue weighted by Gasteiger charge is 2.23. The van der Waals surface area contributed by atoms with Crippen molar-refractivity contribution in [3.8, 4) is 0 Å². The van der Waals surface area contributed by atoms with Crippen LogP contribution >= 0.6 is 22.9 Å². The summed E-state index contributed by atoms with van der Waals surface area (Å²) in [5.41, 5.74) is 6.35. The maximum Gasteiger partial charge on any atom is 0.237 e. The van der Waals surface area contributed by atoms with Crippen LogP contribution in [0.15, 0.2) is 30.5 Å². The summed E-state index contributed by atoms with van der Waals surface area (Å²) in [4.78, 5) is 31.7. The van der Waals surface area contributed by atoms with E-state index >= 15 is 0 Å². The third-order valence-corrected chi connectivity index (χ3v) is 5.27. The molecule has 0 aliphatic carbocycles. The predicted octanol–water partition coefficient (Wildman–Crippen LogP) is 1.84. The monoisotopic (exact) mass is 409 g/mol. The summed E-state index contributed by atoms with van der Waals surface area (Å²) in [5.74, 6) is -0.913. The number of halogens is 1. The molecule has 0 saturated heterocycles. The molecule has 0 aliphatic rings. The first-order valence-corrected chi connectivity index (χ1v) is 9.65. The molecule has 9 heteroatoms. The van der Waals surface area contributed by atoms with Crippen molar-refractivity contribution in [1.29, 1.82) is 0 Å². The largest absolute Gasteiger partial charge is 0.375 e. The van der Waals surface area contributed by atoms with Crippen LogP contribution in [-0.2, 0) is 16.1 Å². The van der Waals surface area contributed by atoms with Gasteiger partial charge in [-0.3, -0.25) is 14.5 Å². The molecular formula is C18H24ClN5O2S. The second kappa shape index (κ2) is 9.68. The van der Waals surface area contributed by atoms with Crippen LogP contribution in [-0.4, -0.2) is 48.4 Å². The Balaban J connectivity index is 2.09. The molecular weight excluding hydrogens is 386 g/mol. The second-order valence-electron chi connectivity index (χ2n) is 6.37. The lowest BCUT2D eigenvalue weighted by Gasteiger charge is -2.22. The lowest BCUT2D eigenvalue weighted by Crippen LogP contribution is -2.44. The molecule has 0 radical (unpaired) electrons. The molecule has 4 N–H and O–H groups in total. The number of likely N-dealkylation sites (N-methyl/N-ethyl adjacent to an activating group) is 1. The minimum atomic E-state index is -0.563. The molecule has 0 spiro atoms. The van der Waals surface area contributed by atoms with Gasteiger partial charge in [0.1, 0.15) is 0 Å². The predicted molar refractivity (Wildman–Crippen MR) is 109 cm³/mol. The van der Waals surface area contributed by atoms with Crippen molar-refractivity contribution in [2.45, 2.75) is 25.4 Å². The zero-order chi connectivity index (χ0) is 20.0. The minimum absolute atomic E-state index is 0.143. The van der Waals surface area contributed by atoms with Crippen molar-refractivity contribution < 1.29 is 9.59 Å². The molecule has 1 aromatic heterocycles. The quantitative estimate of drug-likeness (QED) is 0.617. The van der Waals surface area contributed by atoms with Crippen molar-refractivity contribution >= 4 is 39.9 Å². The van der Waals surface area contributed by atoms with Crippen LogP contribution in [0.4, 0.5) is 5.13 Å². The van der Waals surface area contributed by atoms with Gasteiger partial charge in [-0.15, -0.1) is 11.3 Å². The van der Waals surface area contributed by atoms with Gasteiger partial charge in [0, 0.05) is 22.6 Å². The Morgan fingerprint density at radius 2 is 2.04 bits per heavy atom. The number of anilines is 1. The number of benzene rings is 1. The Kier molecular flexibility index (Phi) is 7.58. The molecule has 146 valence electrons. The van der Waals surface area contributed by atoms with E-state index in [0.29, 0.717) is 16.7 Å². The molecule has 0 bridgehead atoms. The number of rotatable bonds is 8. The molecule has 2 amide bonds. The van der Waals surface area contributed by atoms with Crippen LogP contribution in [0.2, 0.25) is 5.02 Å². The van der Waals surface area contributed by atoms with Gasteiger partial charge in [0.25, 0.3) is 0 Å². The van der Waals surface area contributed by atoms with E-state index in [1.165, 1.54) is 11.3 Å². The smallest absolute Gasteiger partial charge is 0.237 e. The summed E-state index contributed by atoms with van der Waals surface area (Å²) >= 11 is 7.40. The first-order chi connectivity index (χ1) is 12.8. The number of amides is 2. The molecule has 0 fully saturated rings. The zero-order valence-electron chi connectivity index (χ0n) is 15.5. The Labute approximate surface area is 167 Å². The molecule has 7 nitrogen and oxygen atoms in total. The fraction of sp³-hybridized carbons (Fsp3) is 0.389. The molecule has 1 heterocycles. The van der Waals surface area contributed by atoms with Crippen LogP contribution in [0.1, 0.15) is 23.3 Å². The summed E-state index contributed by atoms with van der Waals surface area (Å²) in [6.07, 6.45) is 1.63. The number of hydrogen-bond acceptors (Lipinski definition) is 6. The van der Waals surface area contributed by atoms with Crippen molar-refractivity contribution in [3.05, 3.63) is 45.9 Å². The highest BCUT2D eigenvalue weighted by molar-refractivity contribution is 7.15. The van der Waals surface area contributed by atoms with Crippen molar-refractivity contribution in [2.75, 3.05) is 26.4 Å². The van der Waals surface area contributed by atoms with Crippen molar-refractivity contribution in [2.24, 2.45) is 0 Å². The van der Waals surface area contributed by atoms with Gasteiger partial charge in [0.2, 0.25) is 11.8 Å². The SMILES string of the molecule is C[C@@H](C(=O)NC[C@H](C(=O)NCc1cnc(N)s1)c1cccc(Cl)c1)N(C)C. The van der Waals surface area contributed by atoms with Gasteiger partial charge in [-0.1, -0.05) is 23.7 Å². The highest BCUT2D eigenvalue weighted by atomic mass is 35.5. The van der Waals surface area contributed by atoms with E-state index in [1.54, 1.807) is 36.2 Å². The van der Waals surface area contributed by atoms with E-state index < -0.39 is 5.92 Å². The first-order valence-electron chi connectivity index (χ1n) is 8.45. The van der Waals surface area contributed by atoms with Crippen molar-refractivity contribution in [3.63, 3.8) is 0 Å². The van der Waals surface area contributed by atoms with Gasteiger partial charge < -0.3 is 16.4 Å². The first kappa shape index (κ1) is 21.1. The van der Waals surface area contributed by atoms with Crippen LogP contribution in [0.3, 0.4) is 0 Å². The van der Waals surface area contributed by atoms with Gasteiger partial charge in [-0.25, -0.2) is 4.98 Å². The van der Waals surface area contributed by atoms with E-state index in [4.69, 9.17) is 17.3 Å². The fourth-order valence-corrected chi connectivity index (χ4v) is 3.19. The molecule has 0 aliphatic heterocycles. The van der Waals surface area contributed by atoms with E-state index in [9.17, 15) is 9.59 Å². The number of hydrogen-bond donors (Lipinski definition) is 3. The lowest BCUT2D eigenvalue weighted by molar-refractivity contribution is -0.125. The number of nitrogens with one attached hydrogen (secondary N) is 2. The van der Waals surface area contributed by atoms with Gasteiger partial charge in [0.15, 0.2) is 5.13 Å². The molecule has 27 heavy (non-hydrogen) atoms. The molecule has 2 rings (SSSR count). The maximum atomic E-state index is 12.8. The number of carbonyl (C=O) groups excluding carboxylic acids is 2. The van der Waals surface area contributed by atoms with E-state index in [2.05, 4.69) is 15.6 Å². The van der Waals surface area contributed by atoms with Crippen LogP contribution in [0.5, 0.6) is 0 Å². The molecule has 1 aromatic carbocycles. The topological polar surface area (TPSA) is 100 Å². The van der Waals surface area contributed by atoms with Gasteiger partial charge >= 0.3 is 0 Å². The van der Waals surface area contributed by atoms with Crippen molar-refractivity contribution in [1.82, 2.24) is 20.5 Å². The van der Waals surface area contributed by atoms with E-state index in [-0.39, 0.29) is 24.4 Å². The van der Waals surface area contributed by atoms with E-state index in [0.717, 1.165) is 10.4 Å². The average molecular weight is 410 g/mol. The highest BCUT2D eigenvalue weighted by Crippen LogP contribution is 2.21. The second-order valence-corrected chi connectivity index (χ2v) is 7.96. The maximum absolute atomic E-state index is 12.8. The summed E-state index contributed by atoms with van der Waals surface area (Å²) in [6, 6.07) is 6.78. The summed E-state index contributed by atoms with van der Waals surface area (Å²) in [5, 5.41) is 6.72. The third kappa shape index (κ3) is 6.20. The molecule has 2 aromatic rings. The number of nitrogens with two attached hydrogens (primary N) is 1. The zero-order valence-corrected chi connectivity index (χ0v) is 17.1. The summed E-state index contributed by atoms with van der Waals surface area (Å²) in [7, 11) is 3.65. The Morgan fingerprint density at radius 3 is 2.63 bits per heavy atom. The Bertz CT molecular complexity index is 796. The average Bonchev–Trinajstić information content (AvgIpc) is 3.04. The minimum Gasteiger partial charge on any atom is -0.375 e. The normalized spacial score (nSPS) is 13.2. The number of thiazole rings is 1. The third-order valence-electron chi connectivity index (χ3n) is 4.21. The van der Waals surface area contributed by atoms with E-state index in [1.807, 2.05) is 20.2 Å². The summed E-state index contributed by atoms with van der Waals surface area (Å²) in [6.45, 7) is 2.30. The molecule has 0 saturated carbocycles. The number of nitrogens with zero attached hydrogens (tertiary/aromatic N) is 2. The van der Waals surface area contributed by atoms with Gasteiger partial charge in [-0.2, -0.15) is 0 Å². The van der Waals surface area contributed by atoms with Crippen LogP contribution < -0.4 is 16.4 Å². The molecule has 2 atom stereocenters. The standard InChI is InChI=1S/C18H24ClN5O2S/c1-11(24(2)3)16(25)22-10-15(12-5-4-6-13(19)7-12)17(26)21-8-14-9-23-18(20)27-14/h4-7,9,11,15H,8,10H2,1-3H3,(H2,20,23)(H,21,26)(H,22,25)/t11-,15-/m0/s1. The molecule has 0 unspecified atom stereocenters. The lowest BCUT2D eigenvalue weighted by atomic mass is 9.98. The number of aromatic nitrogens is 1. The van der Waals surface area contributed by atoms with Gasteiger partial charge in [0.05, 0.1) is 18.5 Å². The Hall–Kier alpha value is -2.16. The van der Waals surface area contributed by atoms with Gasteiger partial charge in [-0.05, 0) is 38.7 Å². The summed E-state index contributed by atoms with van der Waals surface area (Å²) < 4.78 is 0. The number of carbonyl (C=O) groups is 2. The van der Waals surface area contributed by atoms with Crippen LogP contribution in [0, 0.1) is 0 Å². The van der Waals surface area contributed by atoms with Crippen LogP contribution in [0.25, 0.3) is 0 Å².